The molecule has 4 heteroatoms. The van der Waals surface area contributed by atoms with Crippen molar-refractivity contribution < 1.29 is 4.79 Å². The Kier molecular flexibility index (Phi) is 4.72. The molecule has 1 amide bonds. The van der Waals surface area contributed by atoms with Crippen molar-refractivity contribution in [1.82, 2.24) is 10.6 Å². The van der Waals surface area contributed by atoms with Crippen molar-refractivity contribution in [3.8, 4) is 0 Å². The van der Waals surface area contributed by atoms with E-state index in [2.05, 4.69) is 22.8 Å². The first-order chi connectivity index (χ1) is 7.86. The Morgan fingerprint density at radius 1 is 1.50 bits per heavy atom. The standard InChI is InChI=1S/C12H20N2OS/c15-12(11-9-16-7-6-13-11)14-8-10-4-2-1-3-5-10/h1-2,10-11,13H,3-9H2,(H,14,15). The van der Waals surface area contributed by atoms with Gasteiger partial charge in [-0.1, -0.05) is 12.2 Å². The third kappa shape index (κ3) is 3.52. The largest absolute Gasteiger partial charge is 0.354 e. The summed E-state index contributed by atoms with van der Waals surface area (Å²) < 4.78 is 0. The van der Waals surface area contributed by atoms with Crippen molar-refractivity contribution in [3.05, 3.63) is 12.2 Å². The first-order valence-electron chi connectivity index (χ1n) is 6.10. The van der Waals surface area contributed by atoms with Crippen molar-refractivity contribution >= 4 is 17.7 Å². The van der Waals surface area contributed by atoms with Crippen molar-refractivity contribution in [2.45, 2.75) is 25.3 Å². The predicted molar refractivity (Wildman–Crippen MR) is 68.6 cm³/mol. The summed E-state index contributed by atoms with van der Waals surface area (Å²) in [6.07, 6.45) is 7.96. The topological polar surface area (TPSA) is 41.1 Å². The van der Waals surface area contributed by atoms with Crippen molar-refractivity contribution in [2.24, 2.45) is 5.92 Å². The zero-order chi connectivity index (χ0) is 11.2. The van der Waals surface area contributed by atoms with Crippen LogP contribution in [0.2, 0.25) is 0 Å². The van der Waals surface area contributed by atoms with Crippen LogP contribution in [0.1, 0.15) is 19.3 Å². The van der Waals surface area contributed by atoms with Crippen LogP contribution in [0, 0.1) is 5.92 Å². The van der Waals surface area contributed by atoms with Gasteiger partial charge in [-0.25, -0.2) is 0 Å². The summed E-state index contributed by atoms with van der Waals surface area (Å²) in [6.45, 7) is 1.79. The lowest BCUT2D eigenvalue weighted by Crippen LogP contribution is -2.49. The minimum absolute atomic E-state index is 0.0258. The molecule has 2 aliphatic rings. The lowest BCUT2D eigenvalue weighted by Gasteiger charge is -2.24. The molecular weight excluding hydrogens is 220 g/mol. The highest BCUT2D eigenvalue weighted by Crippen LogP contribution is 2.17. The van der Waals surface area contributed by atoms with Crippen molar-refractivity contribution in [1.29, 1.82) is 0 Å². The van der Waals surface area contributed by atoms with Crippen LogP contribution in [-0.2, 0) is 4.79 Å². The number of allylic oxidation sites excluding steroid dienone is 2. The van der Waals surface area contributed by atoms with Crippen LogP contribution >= 0.6 is 11.8 Å². The summed E-state index contributed by atoms with van der Waals surface area (Å²) in [5, 5.41) is 6.33. The summed E-state index contributed by atoms with van der Waals surface area (Å²) in [7, 11) is 0. The van der Waals surface area contributed by atoms with Gasteiger partial charge in [0.1, 0.15) is 0 Å². The molecule has 2 rings (SSSR count). The molecule has 0 spiro atoms. The van der Waals surface area contributed by atoms with Crippen LogP contribution in [0.3, 0.4) is 0 Å². The molecule has 0 aromatic heterocycles. The Labute approximate surface area is 101 Å². The van der Waals surface area contributed by atoms with Gasteiger partial charge in [-0.3, -0.25) is 4.79 Å². The second-order valence-electron chi connectivity index (χ2n) is 4.48. The van der Waals surface area contributed by atoms with Gasteiger partial charge in [0.15, 0.2) is 0 Å². The lowest BCUT2D eigenvalue weighted by atomic mass is 9.94. The van der Waals surface area contributed by atoms with Crippen LogP contribution in [0.4, 0.5) is 0 Å². The fourth-order valence-corrected chi connectivity index (χ4v) is 3.08. The Balaban J connectivity index is 1.68. The molecule has 1 saturated heterocycles. The monoisotopic (exact) mass is 240 g/mol. The van der Waals surface area contributed by atoms with Crippen LogP contribution in [-0.4, -0.2) is 36.5 Å². The average Bonchev–Trinajstić information content (AvgIpc) is 2.38. The third-order valence-corrected chi connectivity index (χ3v) is 4.24. The van der Waals surface area contributed by atoms with Gasteiger partial charge in [-0.2, -0.15) is 11.8 Å². The van der Waals surface area contributed by atoms with E-state index in [1.165, 1.54) is 6.42 Å². The number of thioether (sulfide) groups is 1. The Bertz CT molecular complexity index is 262. The molecule has 0 aromatic rings. The van der Waals surface area contributed by atoms with Crippen LogP contribution in [0.25, 0.3) is 0 Å². The molecule has 2 atom stereocenters. The SMILES string of the molecule is O=C(NCC1CC=CCC1)C1CSCCN1. The molecule has 0 saturated carbocycles. The van der Waals surface area contributed by atoms with Gasteiger partial charge in [-0.05, 0) is 25.2 Å². The molecule has 1 fully saturated rings. The zero-order valence-electron chi connectivity index (χ0n) is 9.58. The molecule has 3 nitrogen and oxygen atoms in total. The number of carbonyl (C=O) groups is 1. The van der Waals surface area contributed by atoms with Gasteiger partial charge >= 0.3 is 0 Å². The first-order valence-corrected chi connectivity index (χ1v) is 7.25. The Morgan fingerprint density at radius 2 is 2.44 bits per heavy atom. The maximum atomic E-state index is 11.8. The number of nitrogens with one attached hydrogen (secondary N) is 2. The summed E-state index contributed by atoms with van der Waals surface area (Å²) in [5.74, 6) is 2.86. The number of rotatable bonds is 3. The summed E-state index contributed by atoms with van der Waals surface area (Å²) in [5.41, 5.74) is 0. The number of carbonyl (C=O) groups excluding carboxylic acids is 1. The molecule has 2 N–H and O–H groups in total. The van der Waals surface area contributed by atoms with Crippen molar-refractivity contribution in [2.75, 3.05) is 24.6 Å². The van der Waals surface area contributed by atoms with E-state index in [-0.39, 0.29) is 11.9 Å². The summed E-state index contributed by atoms with van der Waals surface area (Å²) in [4.78, 5) is 11.8. The minimum atomic E-state index is 0.0258. The van der Waals surface area contributed by atoms with E-state index in [1.807, 2.05) is 11.8 Å². The maximum absolute atomic E-state index is 11.8. The molecule has 0 bridgehead atoms. The van der Waals surface area contributed by atoms with Gasteiger partial charge < -0.3 is 10.6 Å². The number of amides is 1. The quantitative estimate of drug-likeness (QED) is 0.728. The second-order valence-corrected chi connectivity index (χ2v) is 5.63. The molecule has 1 heterocycles. The molecule has 1 aliphatic carbocycles. The van der Waals surface area contributed by atoms with E-state index in [0.717, 1.165) is 37.4 Å². The summed E-state index contributed by atoms with van der Waals surface area (Å²) in [6, 6.07) is 0.0258. The molecule has 0 aromatic carbocycles. The second kappa shape index (κ2) is 6.30. The molecule has 0 radical (unpaired) electrons. The Hall–Kier alpha value is -0.480. The van der Waals surface area contributed by atoms with Gasteiger partial charge in [0, 0.05) is 24.6 Å². The zero-order valence-corrected chi connectivity index (χ0v) is 10.4. The molecular formula is C12H20N2OS. The summed E-state index contributed by atoms with van der Waals surface area (Å²) >= 11 is 1.86. The normalized spacial score (nSPS) is 30.0. The van der Waals surface area contributed by atoms with E-state index in [9.17, 15) is 4.79 Å². The number of hydrogen-bond donors (Lipinski definition) is 2. The highest BCUT2D eigenvalue weighted by Gasteiger charge is 2.21. The first kappa shape index (κ1) is 12.0. The minimum Gasteiger partial charge on any atom is -0.354 e. The highest BCUT2D eigenvalue weighted by molar-refractivity contribution is 7.99. The molecule has 1 aliphatic heterocycles. The van der Waals surface area contributed by atoms with Gasteiger partial charge in [0.05, 0.1) is 6.04 Å². The maximum Gasteiger partial charge on any atom is 0.238 e. The fourth-order valence-electron chi connectivity index (χ4n) is 2.14. The van der Waals surface area contributed by atoms with E-state index < -0.39 is 0 Å². The van der Waals surface area contributed by atoms with E-state index in [0.29, 0.717) is 5.92 Å². The van der Waals surface area contributed by atoms with Crippen LogP contribution < -0.4 is 10.6 Å². The fraction of sp³-hybridized carbons (Fsp3) is 0.750. The Morgan fingerprint density at radius 3 is 3.12 bits per heavy atom. The van der Waals surface area contributed by atoms with Crippen molar-refractivity contribution in [3.63, 3.8) is 0 Å². The smallest absolute Gasteiger partial charge is 0.238 e. The lowest BCUT2D eigenvalue weighted by molar-refractivity contribution is -0.122. The van der Waals surface area contributed by atoms with E-state index in [4.69, 9.17) is 0 Å². The highest BCUT2D eigenvalue weighted by atomic mass is 32.2. The van der Waals surface area contributed by atoms with Crippen LogP contribution in [0.5, 0.6) is 0 Å². The van der Waals surface area contributed by atoms with Gasteiger partial charge in [0.2, 0.25) is 5.91 Å². The van der Waals surface area contributed by atoms with Gasteiger partial charge in [0.25, 0.3) is 0 Å². The number of hydrogen-bond acceptors (Lipinski definition) is 3. The molecule has 90 valence electrons. The predicted octanol–water partition coefficient (Wildman–Crippen LogP) is 1.16. The average molecular weight is 240 g/mol. The molecule has 2 unspecified atom stereocenters. The third-order valence-electron chi connectivity index (χ3n) is 3.18. The van der Waals surface area contributed by atoms with E-state index in [1.54, 1.807) is 0 Å². The van der Waals surface area contributed by atoms with Gasteiger partial charge in [-0.15, -0.1) is 0 Å². The van der Waals surface area contributed by atoms with Crippen LogP contribution in [0.15, 0.2) is 12.2 Å². The molecule has 16 heavy (non-hydrogen) atoms. The van der Waals surface area contributed by atoms with E-state index >= 15 is 0 Å².